The van der Waals surface area contributed by atoms with Crippen LogP contribution in [0.4, 0.5) is 5.69 Å². The molecule has 3 rings (SSSR count). The summed E-state index contributed by atoms with van der Waals surface area (Å²) in [5.74, 6) is 0.999. The normalized spacial score (nSPS) is 24.7. The molecular weight excluding hydrogens is 310 g/mol. The highest BCUT2D eigenvalue weighted by atomic mass is 16.5. The van der Waals surface area contributed by atoms with Crippen molar-refractivity contribution in [3.63, 3.8) is 0 Å². The third kappa shape index (κ3) is 3.14. The number of ether oxygens (including phenoxy) is 2. The van der Waals surface area contributed by atoms with Gasteiger partial charge in [0.1, 0.15) is 23.2 Å². The van der Waals surface area contributed by atoms with Gasteiger partial charge >= 0.3 is 0 Å². The van der Waals surface area contributed by atoms with E-state index in [1.165, 1.54) is 13.0 Å². The first kappa shape index (κ1) is 16.5. The van der Waals surface area contributed by atoms with Gasteiger partial charge in [0.2, 0.25) is 5.91 Å². The van der Waals surface area contributed by atoms with Crippen LogP contribution in [0.5, 0.6) is 5.75 Å². The second-order valence-corrected chi connectivity index (χ2v) is 6.70. The predicted molar refractivity (Wildman–Crippen MR) is 87.6 cm³/mol. The number of allylic oxidation sites excluding steroid dienone is 2. The van der Waals surface area contributed by atoms with Crippen molar-refractivity contribution >= 4 is 17.4 Å². The van der Waals surface area contributed by atoms with E-state index in [0.29, 0.717) is 35.6 Å². The summed E-state index contributed by atoms with van der Waals surface area (Å²) in [5, 5.41) is 13.4. The minimum atomic E-state index is -0.922. The zero-order chi connectivity index (χ0) is 17.5. The molecule has 2 N–H and O–H groups in total. The molecule has 6 nitrogen and oxygen atoms in total. The summed E-state index contributed by atoms with van der Waals surface area (Å²) in [7, 11) is 0. The van der Waals surface area contributed by atoms with Gasteiger partial charge < -0.3 is 19.9 Å². The lowest BCUT2D eigenvalue weighted by molar-refractivity contribution is -0.120. The predicted octanol–water partition coefficient (Wildman–Crippen LogP) is 2.48. The Bertz CT molecular complexity index is 722. The van der Waals surface area contributed by atoms with Crippen LogP contribution in [0.15, 0.2) is 30.0 Å². The molecule has 2 aliphatic rings. The molecule has 128 valence electrons. The summed E-state index contributed by atoms with van der Waals surface area (Å²) in [6.45, 7) is 5.00. The van der Waals surface area contributed by atoms with Crippen LogP contribution in [0.1, 0.15) is 45.3 Å². The molecule has 0 bridgehead atoms. The molecule has 1 heterocycles. The minimum Gasteiger partial charge on any atom is -0.487 e. The quantitative estimate of drug-likeness (QED) is 0.889. The van der Waals surface area contributed by atoms with Crippen LogP contribution >= 0.6 is 0 Å². The van der Waals surface area contributed by atoms with Gasteiger partial charge in [-0.3, -0.25) is 9.59 Å². The molecule has 24 heavy (non-hydrogen) atoms. The van der Waals surface area contributed by atoms with Crippen molar-refractivity contribution in [2.75, 3.05) is 5.32 Å². The third-order valence-corrected chi connectivity index (χ3v) is 4.23. The molecule has 1 aromatic rings. The van der Waals surface area contributed by atoms with E-state index in [1.54, 1.807) is 32.0 Å². The molecule has 0 saturated carbocycles. The molecule has 1 amide bonds. The fraction of sp³-hybridized carbons (Fsp3) is 0.444. The van der Waals surface area contributed by atoms with Gasteiger partial charge in [0.05, 0.1) is 0 Å². The lowest BCUT2D eigenvalue weighted by atomic mass is 9.88. The second-order valence-electron chi connectivity index (χ2n) is 6.70. The van der Waals surface area contributed by atoms with Crippen molar-refractivity contribution in [1.82, 2.24) is 0 Å². The Labute approximate surface area is 140 Å². The summed E-state index contributed by atoms with van der Waals surface area (Å²) < 4.78 is 11.8. The van der Waals surface area contributed by atoms with E-state index in [4.69, 9.17) is 9.47 Å². The fourth-order valence-corrected chi connectivity index (χ4v) is 2.98. The maximum absolute atomic E-state index is 11.4. The topological polar surface area (TPSA) is 84.9 Å². The van der Waals surface area contributed by atoms with Crippen molar-refractivity contribution in [2.45, 2.75) is 51.4 Å². The van der Waals surface area contributed by atoms with Crippen molar-refractivity contribution < 1.29 is 24.2 Å². The summed E-state index contributed by atoms with van der Waals surface area (Å²) >= 11 is 0. The maximum atomic E-state index is 11.4. The van der Waals surface area contributed by atoms with Gasteiger partial charge in [-0.05, 0) is 32.0 Å². The Balaban J connectivity index is 1.98. The molecule has 1 aromatic carbocycles. The Morgan fingerprint density at radius 3 is 2.75 bits per heavy atom. The Hall–Kier alpha value is -2.34. The van der Waals surface area contributed by atoms with E-state index in [0.717, 1.165) is 0 Å². The number of hydrogen-bond donors (Lipinski definition) is 2. The number of benzene rings is 1. The van der Waals surface area contributed by atoms with Crippen molar-refractivity contribution in [3.05, 3.63) is 35.6 Å². The lowest BCUT2D eigenvalue weighted by Gasteiger charge is -2.42. The van der Waals surface area contributed by atoms with Crippen LogP contribution in [0.3, 0.4) is 0 Å². The molecule has 0 unspecified atom stereocenters. The average Bonchev–Trinajstić information content (AvgIpc) is 2.89. The zero-order valence-electron chi connectivity index (χ0n) is 14.0. The van der Waals surface area contributed by atoms with Crippen molar-refractivity contribution in [1.29, 1.82) is 0 Å². The zero-order valence-corrected chi connectivity index (χ0v) is 14.0. The number of nitrogens with one attached hydrogen (secondary N) is 1. The van der Waals surface area contributed by atoms with Gasteiger partial charge in [-0.25, -0.2) is 0 Å². The van der Waals surface area contributed by atoms with E-state index in [2.05, 4.69) is 5.32 Å². The Kier molecular flexibility index (Phi) is 4.09. The van der Waals surface area contributed by atoms with Crippen molar-refractivity contribution in [2.24, 2.45) is 0 Å². The number of ketones is 1. The van der Waals surface area contributed by atoms with Gasteiger partial charge in [0.15, 0.2) is 11.9 Å². The highest BCUT2D eigenvalue weighted by molar-refractivity contribution is 5.92. The molecule has 0 spiro atoms. The number of amides is 1. The largest absolute Gasteiger partial charge is 0.487 e. The van der Waals surface area contributed by atoms with Gasteiger partial charge in [0, 0.05) is 37.1 Å². The van der Waals surface area contributed by atoms with E-state index in [9.17, 15) is 14.7 Å². The Morgan fingerprint density at radius 2 is 2.12 bits per heavy atom. The van der Waals surface area contributed by atoms with Gasteiger partial charge in [-0.1, -0.05) is 0 Å². The molecule has 0 saturated heterocycles. The summed E-state index contributed by atoms with van der Waals surface area (Å²) in [6.07, 6.45) is 0.844. The molecule has 0 aromatic heterocycles. The maximum Gasteiger partial charge on any atom is 0.221 e. The Morgan fingerprint density at radius 1 is 1.38 bits per heavy atom. The SMILES string of the molecule is CC(=O)Nc1ccc2c(c1)[C@@H](OC1=CC(=O)CC1)[C@H](O)C(C)(C)O2. The number of fused-ring (bicyclic) bond motifs is 1. The summed E-state index contributed by atoms with van der Waals surface area (Å²) in [6, 6.07) is 5.22. The number of carbonyl (C=O) groups is 2. The first-order valence-electron chi connectivity index (χ1n) is 7.95. The van der Waals surface area contributed by atoms with Gasteiger partial charge in [-0.15, -0.1) is 0 Å². The van der Waals surface area contributed by atoms with Crippen LogP contribution in [0.2, 0.25) is 0 Å². The minimum absolute atomic E-state index is 0.0260. The van der Waals surface area contributed by atoms with E-state index >= 15 is 0 Å². The number of hydrogen-bond acceptors (Lipinski definition) is 5. The summed E-state index contributed by atoms with van der Waals surface area (Å²) in [5.41, 5.74) is 0.409. The molecule has 2 atom stereocenters. The van der Waals surface area contributed by atoms with Crippen LogP contribution in [-0.4, -0.2) is 28.5 Å². The van der Waals surface area contributed by atoms with Crippen LogP contribution in [-0.2, 0) is 14.3 Å². The van der Waals surface area contributed by atoms with Crippen LogP contribution in [0, 0.1) is 0 Å². The number of anilines is 1. The molecule has 0 radical (unpaired) electrons. The fourth-order valence-electron chi connectivity index (χ4n) is 2.98. The first-order valence-corrected chi connectivity index (χ1v) is 7.95. The third-order valence-electron chi connectivity index (χ3n) is 4.23. The van der Waals surface area contributed by atoms with Crippen LogP contribution in [0.25, 0.3) is 0 Å². The number of rotatable bonds is 3. The molecule has 1 aliphatic heterocycles. The smallest absolute Gasteiger partial charge is 0.221 e. The molecule has 1 aliphatic carbocycles. The molecule has 0 fully saturated rings. The number of aliphatic hydroxyl groups excluding tert-OH is 1. The number of carbonyl (C=O) groups excluding carboxylic acids is 2. The molecular formula is C18H21NO5. The van der Waals surface area contributed by atoms with E-state index in [-0.39, 0.29) is 11.7 Å². The highest BCUT2D eigenvalue weighted by Crippen LogP contribution is 2.44. The van der Waals surface area contributed by atoms with Crippen molar-refractivity contribution in [3.8, 4) is 5.75 Å². The average molecular weight is 331 g/mol. The van der Waals surface area contributed by atoms with Crippen LogP contribution < -0.4 is 10.1 Å². The number of aliphatic hydroxyl groups is 1. The monoisotopic (exact) mass is 331 g/mol. The van der Waals surface area contributed by atoms with Gasteiger partial charge in [-0.2, -0.15) is 0 Å². The first-order chi connectivity index (χ1) is 11.3. The standard InChI is InChI=1S/C18H21NO5/c1-10(20)19-11-4-7-15-14(8-11)16(17(22)18(2,3)24-15)23-13-6-5-12(21)9-13/h4,7-9,16-17,22H,5-6H2,1-3H3,(H,19,20)/t16-,17+/m1/s1. The lowest BCUT2D eigenvalue weighted by Crippen LogP contribution is -2.49. The molecule has 6 heteroatoms. The van der Waals surface area contributed by atoms with E-state index in [1.807, 2.05) is 0 Å². The van der Waals surface area contributed by atoms with Gasteiger partial charge in [0.25, 0.3) is 0 Å². The highest BCUT2D eigenvalue weighted by Gasteiger charge is 2.45. The second kappa shape index (κ2) is 5.94. The van der Waals surface area contributed by atoms with E-state index < -0.39 is 17.8 Å². The summed E-state index contributed by atoms with van der Waals surface area (Å²) in [4.78, 5) is 22.7.